The fraction of sp³-hybridized carbons (Fsp3) is 0.562. The fourth-order valence-corrected chi connectivity index (χ4v) is 3.82. The van der Waals surface area contributed by atoms with Crippen molar-refractivity contribution in [3.8, 4) is 0 Å². The van der Waals surface area contributed by atoms with Crippen LogP contribution in [0.2, 0.25) is 0 Å². The lowest BCUT2D eigenvalue weighted by Gasteiger charge is -2.16. The molecule has 1 aromatic rings. The molecular formula is C16H24N2O5S. The van der Waals surface area contributed by atoms with Crippen molar-refractivity contribution in [1.82, 2.24) is 4.72 Å². The third kappa shape index (κ3) is 4.68. The Hall–Kier alpha value is -1.64. The summed E-state index contributed by atoms with van der Waals surface area (Å²) in [5.41, 5.74) is 0.320. The SMILES string of the molecule is CC[C@@H](C)NS(=O)(=O)c1ccc(NC[C@H]2CCCO2)c(C(=O)O)c1. The van der Waals surface area contributed by atoms with Gasteiger partial charge in [-0.15, -0.1) is 0 Å². The number of carboxylic acids is 1. The van der Waals surface area contributed by atoms with Gasteiger partial charge in [-0.25, -0.2) is 17.9 Å². The van der Waals surface area contributed by atoms with Gasteiger partial charge in [0.1, 0.15) is 0 Å². The molecule has 1 aliphatic heterocycles. The van der Waals surface area contributed by atoms with Crippen LogP contribution in [-0.2, 0) is 14.8 Å². The summed E-state index contributed by atoms with van der Waals surface area (Å²) in [5, 5.41) is 12.4. The second kappa shape index (κ2) is 7.96. The van der Waals surface area contributed by atoms with Crippen molar-refractivity contribution in [2.24, 2.45) is 0 Å². The van der Waals surface area contributed by atoms with Gasteiger partial charge >= 0.3 is 5.97 Å². The Bertz CT molecular complexity index is 684. The normalized spacial score (nSPS) is 19.2. The summed E-state index contributed by atoms with van der Waals surface area (Å²) in [6.07, 6.45) is 2.63. The Labute approximate surface area is 142 Å². The number of anilines is 1. The predicted molar refractivity (Wildman–Crippen MR) is 90.9 cm³/mol. The minimum atomic E-state index is -3.74. The molecule has 2 rings (SSSR count). The van der Waals surface area contributed by atoms with Gasteiger partial charge in [0.15, 0.2) is 0 Å². The first-order valence-corrected chi connectivity index (χ1v) is 9.57. The maximum atomic E-state index is 12.3. The van der Waals surface area contributed by atoms with Crippen LogP contribution in [0.15, 0.2) is 23.1 Å². The van der Waals surface area contributed by atoms with E-state index in [2.05, 4.69) is 10.0 Å². The molecule has 0 amide bonds. The first-order chi connectivity index (χ1) is 11.3. The second-order valence-corrected chi connectivity index (χ2v) is 7.67. The number of carbonyl (C=O) groups is 1. The molecule has 1 heterocycles. The first kappa shape index (κ1) is 18.7. The third-order valence-electron chi connectivity index (χ3n) is 4.04. The van der Waals surface area contributed by atoms with Crippen LogP contribution in [0.25, 0.3) is 0 Å². The van der Waals surface area contributed by atoms with E-state index in [0.29, 0.717) is 18.7 Å². The molecule has 1 saturated heterocycles. The lowest BCUT2D eigenvalue weighted by molar-refractivity contribution is 0.0697. The zero-order valence-electron chi connectivity index (χ0n) is 13.9. The molecule has 3 N–H and O–H groups in total. The van der Waals surface area contributed by atoms with Crippen molar-refractivity contribution < 1.29 is 23.1 Å². The van der Waals surface area contributed by atoms with Crippen LogP contribution in [0.5, 0.6) is 0 Å². The second-order valence-electron chi connectivity index (χ2n) is 5.96. The Morgan fingerprint density at radius 1 is 1.46 bits per heavy atom. The van der Waals surface area contributed by atoms with Crippen molar-refractivity contribution >= 4 is 21.7 Å². The van der Waals surface area contributed by atoms with Crippen LogP contribution in [0, 0.1) is 0 Å². The molecular weight excluding hydrogens is 332 g/mol. The lowest BCUT2D eigenvalue weighted by atomic mass is 10.1. The maximum Gasteiger partial charge on any atom is 0.337 e. The van der Waals surface area contributed by atoms with Gasteiger partial charge in [0.05, 0.1) is 16.6 Å². The van der Waals surface area contributed by atoms with Crippen molar-refractivity contribution in [2.75, 3.05) is 18.5 Å². The lowest BCUT2D eigenvalue weighted by Crippen LogP contribution is -2.32. The van der Waals surface area contributed by atoms with E-state index >= 15 is 0 Å². The van der Waals surface area contributed by atoms with Crippen molar-refractivity contribution in [3.63, 3.8) is 0 Å². The smallest absolute Gasteiger partial charge is 0.337 e. The molecule has 1 aromatic carbocycles. The van der Waals surface area contributed by atoms with E-state index in [1.54, 1.807) is 6.92 Å². The van der Waals surface area contributed by atoms with Crippen molar-refractivity contribution in [2.45, 2.75) is 50.2 Å². The average Bonchev–Trinajstić information content (AvgIpc) is 3.05. The quantitative estimate of drug-likeness (QED) is 0.658. The summed E-state index contributed by atoms with van der Waals surface area (Å²) in [7, 11) is -3.74. The number of hydrogen-bond donors (Lipinski definition) is 3. The molecule has 1 aliphatic rings. The molecule has 24 heavy (non-hydrogen) atoms. The maximum absolute atomic E-state index is 12.3. The van der Waals surface area contributed by atoms with E-state index in [0.717, 1.165) is 19.4 Å². The van der Waals surface area contributed by atoms with E-state index in [-0.39, 0.29) is 22.6 Å². The first-order valence-electron chi connectivity index (χ1n) is 8.08. The molecule has 0 aliphatic carbocycles. The molecule has 2 atom stereocenters. The molecule has 0 saturated carbocycles. The van der Waals surface area contributed by atoms with Crippen LogP contribution in [0.1, 0.15) is 43.5 Å². The zero-order chi connectivity index (χ0) is 17.7. The summed E-state index contributed by atoms with van der Waals surface area (Å²) in [6.45, 7) is 4.84. The largest absolute Gasteiger partial charge is 0.478 e. The highest BCUT2D eigenvalue weighted by Crippen LogP contribution is 2.22. The highest BCUT2D eigenvalue weighted by atomic mass is 32.2. The Balaban J connectivity index is 2.20. The topological polar surface area (TPSA) is 105 Å². The molecule has 0 aromatic heterocycles. The van der Waals surface area contributed by atoms with Crippen molar-refractivity contribution in [3.05, 3.63) is 23.8 Å². The van der Waals surface area contributed by atoms with Gasteiger partial charge in [-0.2, -0.15) is 0 Å². The van der Waals surface area contributed by atoms with Crippen LogP contribution in [0.3, 0.4) is 0 Å². The standard InChI is InChI=1S/C16H24N2O5S/c1-3-11(2)18-24(21,22)13-6-7-15(14(9-13)16(19)20)17-10-12-5-4-8-23-12/h6-7,9,11-12,17-18H,3-5,8,10H2,1-2H3,(H,19,20)/t11-,12-/m1/s1. The fourth-order valence-electron chi connectivity index (χ4n) is 2.47. The molecule has 0 spiro atoms. The van der Waals surface area contributed by atoms with Gasteiger partial charge in [-0.1, -0.05) is 6.92 Å². The molecule has 1 fully saturated rings. The molecule has 0 unspecified atom stereocenters. The van der Waals surface area contributed by atoms with Gasteiger partial charge < -0.3 is 15.2 Å². The van der Waals surface area contributed by atoms with Gasteiger partial charge in [0, 0.05) is 24.9 Å². The van der Waals surface area contributed by atoms with E-state index < -0.39 is 16.0 Å². The Kier molecular flexibility index (Phi) is 6.20. The van der Waals surface area contributed by atoms with Gasteiger partial charge in [-0.05, 0) is 44.4 Å². The van der Waals surface area contributed by atoms with E-state index in [1.165, 1.54) is 18.2 Å². The van der Waals surface area contributed by atoms with Gasteiger partial charge in [-0.3, -0.25) is 0 Å². The van der Waals surface area contributed by atoms with Crippen molar-refractivity contribution in [1.29, 1.82) is 0 Å². The minimum absolute atomic E-state index is 0.0529. The summed E-state index contributed by atoms with van der Waals surface area (Å²) >= 11 is 0. The number of rotatable bonds is 8. The van der Waals surface area contributed by atoms with Gasteiger partial charge in [0.25, 0.3) is 0 Å². The molecule has 0 bridgehead atoms. The summed E-state index contributed by atoms with van der Waals surface area (Å²) in [4.78, 5) is 11.4. The van der Waals surface area contributed by atoms with Crippen LogP contribution in [0.4, 0.5) is 5.69 Å². The highest BCUT2D eigenvalue weighted by Gasteiger charge is 2.21. The van der Waals surface area contributed by atoms with E-state index in [9.17, 15) is 18.3 Å². The number of carboxylic acid groups (broad SMARTS) is 1. The molecule has 0 radical (unpaired) electrons. The molecule has 8 heteroatoms. The number of nitrogens with one attached hydrogen (secondary N) is 2. The molecule has 134 valence electrons. The predicted octanol–water partition coefficient (Wildman–Crippen LogP) is 2.05. The summed E-state index contributed by atoms with van der Waals surface area (Å²) in [5.74, 6) is -1.18. The minimum Gasteiger partial charge on any atom is -0.478 e. The number of hydrogen-bond acceptors (Lipinski definition) is 5. The Morgan fingerprint density at radius 3 is 2.79 bits per heavy atom. The van der Waals surface area contributed by atoms with E-state index in [4.69, 9.17) is 4.74 Å². The highest BCUT2D eigenvalue weighted by molar-refractivity contribution is 7.89. The zero-order valence-corrected chi connectivity index (χ0v) is 14.7. The van der Waals surface area contributed by atoms with Gasteiger partial charge in [0.2, 0.25) is 10.0 Å². The van der Waals surface area contributed by atoms with Crippen LogP contribution >= 0.6 is 0 Å². The molecule has 7 nitrogen and oxygen atoms in total. The Morgan fingerprint density at radius 2 is 2.21 bits per heavy atom. The number of sulfonamides is 1. The number of aromatic carboxylic acids is 1. The number of benzene rings is 1. The van der Waals surface area contributed by atoms with E-state index in [1.807, 2.05) is 6.92 Å². The van der Waals surface area contributed by atoms with Crippen LogP contribution in [-0.4, -0.2) is 44.8 Å². The number of ether oxygens (including phenoxy) is 1. The summed E-state index contributed by atoms with van der Waals surface area (Å²) in [6, 6.07) is 3.87. The van der Waals surface area contributed by atoms with Crippen LogP contribution < -0.4 is 10.0 Å². The summed E-state index contributed by atoms with van der Waals surface area (Å²) < 4.78 is 32.6. The average molecular weight is 356 g/mol. The monoisotopic (exact) mass is 356 g/mol. The third-order valence-corrected chi connectivity index (χ3v) is 5.63.